The van der Waals surface area contributed by atoms with E-state index in [1.54, 1.807) is 11.0 Å². The molecule has 29 heavy (non-hydrogen) atoms. The van der Waals surface area contributed by atoms with Crippen LogP contribution in [0.15, 0.2) is 53.7 Å². The SMILES string of the molecule is CCN(Cc1cccc(F)c1)C(=O)CSc1nnc(-c2ccccc2C)n1CC. The molecule has 0 bridgehead atoms. The van der Waals surface area contributed by atoms with Crippen molar-refractivity contribution in [2.24, 2.45) is 0 Å². The molecule has 3 rings (SSSR count). The maximum Gasteiger partial charge on any atom is 0.233 e. The molecule has 0 saturated heterocycles. The molecule has 0 N–H and O–H groups in total. The first-order valence-electron chi connectivity index (χ1n) is 9.67. The minimum Gasteiger partial charge on any atom is -0.338 e. The molecule has 5 nitrogen and oxygen atoms in total. The molecule has 0 aliphatic rings. The van der Waals surface area contributed by atoms with Crippen LogP contribution in [-0.2, 0) is 17.9 Å². The molecule has 2 aromatic carbocycles. The molecule has 0 saturated carbocycles. The van der Waals surface area contributed by atoms with Crippen LogP contribution < -0.4 is 0 Å². The number of hydrogen-bond acceptors (Lipinski definition) is 4. The number of nitrogens with zero attached hydrogens (tertiary/aromatic N) is 4. The number of halogens is 1. The second kappa shape index (κ2) is 9.69. The van der Waals surface area contributed by atoms with Gasteiger partial charge in [0, 0.05) is 25.2 Å². The monoisotopic (exact) mass is 412 g/mol. The first-order valence-corrected chi connectivity index (χ1v) is 10.7. The summed E-state index contributed by atoms with van der Waals surface area (Å²) in [5, 5.41) is 9.40. The van der Waals surface area contributed by atoms with Crippen LogP contribution in [0.1, 0.15) is 25.0 Å². The highest BCUT2D eigenvalue weighted by Gasteiger charge is 2.18. The number of carbonyl (C=O) groups is 1. The van der Waals surface area contributed by atoms with Crippen LogP contribution in [0.3, 0.4) is 0 Å². The van der Waals surface area contributed by atoms with Crippen molar-refractivity contribution < 1.29 is 9.18 Å². The lowest BCUT2D eigenvalue weighted by Gasteiger charge is -2.21. The summed E-state index contributed by atoms with van der Waals surface area (Å²) in [5.41, 5.74) is 2.96. The average molecular weight is 413 g/mol. The number of benzene rings is 2. The Balaban J connectivity index is 1.70. The molecule has 0 atom stereocenters. The predicted octanol–water partition coefficient (Wildman–Crippen LogP) is 4.55. The molecule has 1 amide bonds. The molecule has 0 aliphatic heterocycles. The van der Waals surface area contributed by atoms with E-state index in [0.717, 1.165) is 27.7 Å². The van der Waals surface area contributed by atoms with Crippen LogP contribution in [0.4, 0.5) is 4.39 Å². The van der Waals surface area contributed by atoms with Crippen molar-refractivity contribution in [3.8, 4) is 11.4 Å². The van der Waals surface area contributed by atoms with Crippen molar-refractivity contribution in [2.45, 2.75) is 39.0 Å². The topological polar surface area (TPSA) is 51.0 Å². The Morgan fingerprint density at radius 1 is 1.14 bits per heavy atom. The second-order valence-corrected chi connectivity index (χ2v) is 7.63. The van der Waals surface area contributed by atoms with Gasteiger partial charge in [-0.25, -0.2) is 4.39 Å². The van der Waals surface area contributed by atoms with E-state index in [1.807, 2.05) is 55.7 Å². The third-order valence-electron chi connectivity index (χ3n) is 4.74. The number of amides is 1. The van der Waals surface area contributed by atoms with Gasteiger partial charge in [0.2, 0.25) is 5.91 Å². The first-order chi connectivity index (χ1) is 14.0. The maximum atomic E-state index is 13.4. The van der Waals surface area contributed by atoms with Gasteiger partial charge >= 0.3 is 0 Å². The fraction of sp³-hybridized carbons (Fsp3) is 0.318. The number of aromatic nitrogens is 3. The molecule has 0 fully saturated rings. The van der Waals surface area contributed by atoms with Crippen molar-refractivity contribution in [3.63, 3.8) is 0 Å². The van der Waals surface area contributed by atoms with E-state index in [1.165, 1.54) is 23.9 Å². The molecule has 0 radical (unpaired) electrons. The summed E-state index contributed by atoms with van der Waals surface area (Å²) >= 11 is 1.38. The molecule has 7 heteroatoms. The van der Waals surface area contributed by atoms with Gasteiger partial charge in [-0.15, -0.1) is 10.2 Å². The van der Waals surface area contributed by atoms with Crippen LogP contribution in [-0.4, -0.2) is 37.9 Å². The molecule has 0 aliphatic carbocycles. The van der Waals surface area contributed by atoms with Gasteiger partial charge in [0.05, 0.1) is 5.75 Å². The fourth-order valence-corrected chi connectivity index (χ4v) is 4.06. The molecular formula is C22H25FN4OS. The molecule has 152 valence electrons. The summed E-state index contributed by atoms with van der Waals surface area (Å²) in [6.45, 7) is 7.68. The maximum absolute atomic E-state index is 13.4. The lowest BCUT2D eigenvalue weighted by Crippen LogP contribution is -2.31. The highest BCUT2D eigenvalue weighted by Crippen LogP contribution is 2.26. The first kappa shape index (κ1) is 21.0. The van der Waals surface area contributed by atoms with Crippen molar-refractivity contribution in [3.05, 3.63) is 65.5 Å². The molecule has 1 heterocycles. The summed E-state index contributed by atoms with van der Waals surface area (Å²) in [6, 6.07) is 14.4. The van der Waals surface area contributed by atoms with Crippen LogP contribution in [0.5, 0.6) is 0 Å². The Bertz CT molecular complexity index is 988. The normalized spacial score (nSPS) is 10.9. The van der Waals surface area contributed by atoms with Gasteiger partial charge < -0.3 is 9.47 Å². The van der Waals surface area contributed by atoms with Gasteiger partial charge in [-0.05, 0) is 44.0 Å². The summed E-state index contributed by atoms with van der Waals surface area (Å²) in [5.74, 6) is 0.771. The third-order valence-corrected chi connectivity index (χ3v) is 5.69. The van der Waals surface area contributed by atoms with Gasteiger partial charge in [0.1, 0.15) is 5.82 Å². The highest BCUT2D eigenvalue weighted by atomic mass is 32.2. The van der Waals surface area contributed by atoms with Crippen LogP contribution in [0.2, 0.25) is 0 Å². The zero-order chi connectivity index (χ0) is 20.8. The van der Waals surface area contributed by atoms with Crippen molar-refractivity contribution in [1.82, 2.24) is 19.7 Å². The number of rotatable bonds is 8. The summed E-state index contributed by atoms with van der Waals surface area (Å²) in [4.78, 5) is 14.4. The smallest absolute Gasteiger partial charge is 0.233 e. The van der Waals surface area contributed by atoms with E-state index in [0.29, 0.717) is 19.6 Å². The van der Waals surface area contributed by atoms with Gasteiger partial charge in [-0.2, -0.15) is 0 Å². The molecule has 0 unspecified atom stereocenters. The standard InChI is InChI=1S/C22H25FN4OS/c1-4-26(14-17-10-8-11-18(23)13-17)20(28)15-29-22-25-24-21(27(22)5-2)19-12-7-6-9-16(19)3/h6-13H,4-5,14-15H2,1-3H3. The van der Waals surface area contributed by atoms with E-state index in [9.17, 15) is 9.18 Å². The highest BCUT2D eigenvalue weighted by molar-refractivity contribution is 7.99. The van der Waals surface area contributed by atoms with Gasteiger partial charge in [-0.1, -0.05) is 48.2 Å². The Labute approximate surface area is 175 Å². The van der Waals surface area contributed by atoms with E-state index in [2.05, 4.69) is 10.2 Å². The largest absolute Gasteiger partial charge is 0.338 e. The quantitative estimate of drug-likeness (QED) is 0.509. The Morgan fingerprint density at radius 2 is 1.93 bits per heavy atom. The zero-order valence-electron chi connectivity index (χ0n) is 16.9. The summed E-state index contributed by atoms with van der Waals surface area (Å²) in [6.07, 6.45) is 0. The zero-order valence-corrected chi connectivity index (χ0v) is 17.7. The predicted molar refractivity (Wildman–Crippen MR) is 114 cm³/mol. The average Bonchev–Trinajstić information content (AvgIpc) is 3.13. The third kappa shape index (κ3) is 5.03. The fourth-order valence-electron chi connectivity index (χ4n) is 3.15. The summed E-state index contributed by atoms with van der Waals surface area (Å²) < 4.78 is 15.5. The minimum absolute atomic E-state index is 0.00939. The lowest BCUT2D eigenvalue weighted by atomic mass is 10.1. The molecule has 3 aromatic rings. The molecule has 1 aromatic heterocycles. The number of aryl methyl sites for hydroxylation is 1. The number of thioether (sulfide) groups is 1. The van der Waals surface area contributed by atoms with Crippen molar-refractivity contribution >= 4 is 17.7 Å². The van der Waals surface area contributed by atoms with Gasteiger partial charge in [0.15, 0.2) is 11.0 Å². The van der Waals surface area contributed by atoms with Crippen molar-refractivity contribution in [1.29, 1.82) is 0 Å². The summed E-state index contributed by atoms with van der Waals surface area (Å²) in [7, 11) is 0. The second-order valence-electron chi connectivity index (χ2n) is 6.69. The van der Waals surface area contributed by atoms with Gasteiger partial charge in [0.25, 0.3) is 0 Å². The van der Waals surface area contributed by atoms with Crippen LogP contribution >= 0.6 is 11.8 Å². The van der Waals surface area contributed by atoms with Crippen LogP contribution in [0.25, 0.3) is 11.4 Å². The van der Waals surface area contributed by atoms with Gasteiger partial charge in [-0.3, -0.25) is 4.79 Å². The van der Waals surface area contributed by atoms with Crippen molar-refractivity contribution in [2.75, 3.05) is 12.3 Å². The minimum atomic E-state index is -0.292. The lowest BCUT2D eigenvalue weighted by molar-refractivity contribution is -0.128. The van der Waals surface area contributed by atoms with E-state index in [-0.39, 0.29) is 17.5 Å². The van der Waals surface area contributed by atoms with Crippen LogP contribution in [0, 0.1) is 12.7 Å². The van der Waals surface area contributed by atoms with E-state index in [4.69, 9.17) is 0 Å². The Kier molecular flexibility index (Phi) is 7.04. The number of hydrogen-bond donors (Lipinski definition) is 0. The molecule has 0 spiro atoms. The molecular weight excluding hydrogens is 387 g/mol. The Morgan fingerprint density at radius 3 is 2.62 bits per heavy atom. The van der Waals surface area contributed by atoms with E-state index >= 15 is 0 Å². The number of carbonyl (C=O) groups excluding carboxylic acids is 1. The Hall–Kier alpha value is -2.67. The van der Waals surface area contributed by atoms with E-state index < -0.39 is 0 Å².